The van der Waals surface area contributed by atoms with Gasteiger partial charge in [0.05, 0.1) is 20.8 Å². The second-order valence-corrected chi connectivity index (χ2v) is 7.82. The van der Waals surface area contributed by atoms with Crippen molar-refractivity contribution in [3.63, 3.8) is 0 Å². The molecule has 0 spiro atoms. The molecule has 0 unspecified atom stereocenters. The molecule has 0 aromatic carbocycles. The summed E-state index contributed by atoms with van der Waals surface area (Å²) in [5, 5.41) is 20.7. The maximum absolute atomic E-state index is 10.6. The minimum absolute atomic E-state index is 0. The molecule has 0 radical (unpaired) electrons. The predicted octanol–water partition coefficient (Wildman–Crippen LogP) is -8.01. The number of ether oxygens (including phenoxy) is 1. The fourth-order valence-electron chi connectivity index (χ4n) is 2.56. The Morgan fingerprint density at radius 3 is 2.64 bits per heavy atom. The average molecular weight is 451 g/mol. The number of aromatic nitrogens is 4. The number of anilines is 1. The van der Waals surface area contributed by atoms with Gasteiger partial charge in [-0.05, 0) is 5.75 Å². The van der Waals surface area contributed by atoms with Crippen LogP contribution in [0.3, 0.4) is 0 Å². The summed E-state index contributed by atoms with van der Waals surface area (Å²) in [4.78, 5) is 33.7. The number of nitrogens with two attached hydrogens (primary N) is 1. The van der Waals surface area contributed by atoms with Crippen LogP contribution in [0.25, 0.3) is 11.2 Å². The number of hydrogen-bond donors (Lipinski definition) is 3. The van der Waals surface area contributed by atoms with Crippen LogP contribution in [-0.2, 0) is 13.8 Å². The van der Waals surface area contributed by atoms with Crippen molar-refractivity contribution in [2.24, 2.45) is 0 Å². The van der Waals surface area contributed by atoms with Crippen LogP contribution in [0.2, 0.25) is 0 Å². The normalized spacial score (nSPS) is 24.8. The van der Waals surface area contributed by atoms with Crippen molar-refractivity contribution in [1.82, 2.24) is 19.5 Å². The third-order valence-electron chi connectivity index (χ3n) is 3.71. The van der Waals surface area contributed by atoms with Crippen LogP contribution in [-0.4, -0.2) is 60.4 Å². The third kappa shape index (κ3) is 5.89. The van der Waals surface area contributed by atoms with Gasteiger partial charge in [0.1, 0.15) is 23.8 Å². The summed E-state index contributed by atoms with van der Waals surface area (Å²) >= 11 is 1.36. The zero-order valence-corrected chi connectivity index (χ0v) is 21.2. The maximum Gasteiger partial charge on any atom is 1.00 e. The van der Waals surface area contributed by atoms with Gasteiger partial charge in [0.25, 0.3) is 0 Å². The van der Waals surface area contributed by atoms with E-state index in [-0.39, 0.29) is 70.6 Å². The Morgan fingerprint density at radius 1 is 1.36 bits per heavy atom. The van der Waals surface area contributed by atoms with Crippen molar-refractivity contribution < 1.29 is 92.9 Å². The molecule has 12 nitrogen and oxygen atoms in total. The number of aliphatic hydroxyl groups is 2. The van der Waals surface area contributed by atoms with E-state index in [4.69, 9.17) is 10.5 Å². The molecular formula is C12H16N5Na2O7PS. The number of thioether (sulfide) groups is 1. The topological polar surface area (TPSA) is 192 Å². The number of nitrogens with zero attached hydrogens (tertiary/aromatic N) is 4. The third-order valence-corrected chi connectivity index (χ3v) is 4.90. The summed E-state index contributed by atoms with van der Waals surface area (Å²) in [7, 11) is -5.24. The van der Waals surface area contributed by atoms with Crippen molar-refractivity contribution in [2.45, 2.75) is 36.6 Å². The van der Waals surface area contributed by atoms with Crippen LogP contribution in [0.15, 0.2) is 11.5 Å². The number of phosphoric ester groups is 1. The van der Waals surface area contributed by atoms with Gasteiger partial charge in [-0.1, -0.05) is 18.7 Å². The van der Waals surface area contributed by atoms with Gasteiger partial charge in [0.2, 0.25) is 0 Å². The summed E-state index contributed by atoms with van der Waals surface area (Å²) < 4.78 is 21.6. The van der Waals surface area contributed by atoms with E-state index in [9.17, 15) is 24.6 Å². The van der Waals surface area contributed by atoms with Crippen LogP contribution in [0.5, 0.6) is 0 Å². The molecule has 4 atom stereocenters. The minimum atomic E-state index is -5.24. The van der Waals surface area contributed by atoms with Crippen LogP contribution < -0.4 is 74.6 Å². The molecule has 1 saturated heterocycles. The Balaban J connectivity index is 0.00000196. The molecule has 144 valence electrons. The number of hydrogen-bond acceptors (Lipinski definition) is 12. The van der Waals surface area contributed by atoms with Crippen LogP contribution in [0.4, 0.5) is 5.82 Å². The standard InChI is InChI=1S/C12H18N5O7PS.2Na/c1-2-26-12-15-9(13)6-10(16-12)17(4-14-6)11-8(19)7(18)5(24-11)3-23-25(20,21)22;;/h4-5,7-8,11,18-19H,2-3H2,1H3,(H2,13,15,16)(H2,20,21,22);;/q;2*+1/p-2/t5-,7-,8-,11-;;/m1../s1. The van der Waals surface area contributed by atoms with Gasteiger partial charge in [0, 0.05) is 0 Å². The molecule has 1 aliphatic heterocycles. The fraction of sp³-hybridized carbons (Fsp3) is 0.583. The predicted molar refractivity (Wildman–Crippen MR) is 85.6 cm³/mol. The number of nitrogen functional groups attached to an aromatic ring is 1. The molecule has 2 aromatic heterocycles. The minimum Gasteiger partial charge on any atom is -0.790 e. The second kappa shape index (κ2) is 10.8. The Hall–Kier alpha value is 0.690. The first-order valence-electron chi connectivity index (χ1n) is 7.52. The Labute approximate surface area is 208 Å². The summed E-state index contributed by atoms with van der Waals surface area (Å²) in [6.07, 6.45) is -3.96. The summed E-state index contributed by atoms with van der Waals surface area (Å²) in [6, 6.07) is 0. The van der Waals surface area contributed by atoms with Crippen molar-refractivity contribution >= 4 is 36.6 Å². The van der Waals surface area contributed by atoms with E-state index < -0.39 is 39.0 Å². The van der Waals surface area contributed by atoms with E-state index in [2.05, 4.69) is 19.5 Å². The Morgan fingerprint density at radius 2 is 2.04 bits per heavy atom. The van der Waals surface area contributed by atoms with Gasteiger partial charge in [0.15, 0.2) is 22.8 Å². The molecule has 1 aliphatic rings. The van der Waals surface area contributed by atoms with Crippen molar-refractivity contribution in [3.8, 4) is 0 Å². The number of aliphatic hydroxyl groups excluding tert-OH is 2. The molecule has 0 aliphatic carbocycles. The van der Waals surface area contributed by atoms with E-state index >= 15 is 0 Å². The summed E-state index contributed by atoms with van der Waals surface area (Å²) in [5.41, 5.74) is 6.44. The van der Waals surface area contributed by atoms with Gasteiger partial charge < -0.3 is 39.6 Å². The van der Waals surface area contributed by atoms with Crippen LogP contribution in [0, 0.1) is 0 Å². The van der Waals surface area contributed by atoms with Crippen molar-refractivity contribution in [3.05, 3.63) is 6.33 Å². The number of fused-ring (bicyclic) bond motifs is 1. The van der Waals surface area contributed by atoms with E-state index in [0.29, 0.717) is 16.4 Å². The first-order chi connectivity index (χ1) is 12.2. The van der Waals surface area contributed by atoms with E-state index in [0.717, 1.165) is 0 Å². The number of rotatable bonds is 6. The maximum atomic E-state index is 10.6. The van der Waals surface area contributed by atoms with Gasteiger partial charge in [-0.25, -0.2) is 15.0 Å². The number of imidazole rings is 1. The fourth-order valence-corrected chi connectivity index (χ4v) is 3.46. The molecule has 1 fully saturated rings. The van der Waals surface area contributed by atoms with Crippen LogP contribution in [0.1, 0.15) is 13.2 Å². The molecule has 2 aromatic rings. The van der Waals surface area contributed by atoms with Crippen LogP contribution >= 0.6 is 19.6 Å². The molecule has 4 N–H and O–H groups in total. The van der Waals surface area contributed by atoms with E-state index in [1.807, 2.05) is 6.92 Å². The zero-order chi connectivity index (χ0) is 19.1. The monoisotopic (exact) mass is 451 g/mol. The van der Waals surface area contributed by atoms with Crippen molar-refractivity contribution in [2.75, 3.05) is 18.1 Å². The smallest absolute Gasteiger partial charge is 0.790 e. The summed E-state index contributed by atoms with van der Waals surface area (Å²) in [5.74, 6) is 0.862. The Kier molecular flexibility index (Phi) is 10.3. The first kappa shape index (κ1) is 26.7. The molecule has 0 amide bonds. The average Bonchev–Trinajstić information content (AvgIpc) is 3.08. The summed E-state index contributed by atoms with van der Waals surface area (Å²) in [6.45, 7) is 1.20. The molecule has 3 rings (SSSR count). The quantitative estimate of drug-likeness (QED) is 0.163. The zero-order valence-electron chi connectivity index (χ0n) is 15.5. The molecule has 28 heavy (non-hydrogen) atoms. The molecule has 0 bridgehead atoms. The second-order valence-electron chi connectivity index (χ2n) is 5.44. The number of phosphoric acid groups is 1. The molecule has 3 heterocycles. The van der Waals surface area contributed by atoms with Gasteiger partial charge in [-0.2, -0.15) is 0 Å². The van der Waals surface area contributed by atoms with Crippen molar-refractivity contribution in [1.29, 1.82) is 0 Å². The van der Waals surface area contributed by atoms with Gasteiger partial charge in [-0.15, -0.1) is 0 Å². The van der Waals surface area contributed by atoms with Gasteiger partial charge in [-0.3, -0.25) is 4.57 Å². The molecular weight excluding hydrogens is 435 g/mol. The first-order valence-corrected chi connectivity index (χ1v) is 9.97. The Bertz CT molecular complexity index is 855. The SMILES string of the molecule is CCSc1nc(N)c2ncn([C@@H]3O[C@H](COP(=O)([O-])[O-])[C@@H](O)[C@H]3O)c2n1.[Na+].[Na+]. The largest absolute Gasteiger partial charge is 1.00 e. The molecule has 16 heteroatoms. The van der Waals surface area contributed by atoms with E-state index in [1.165, 1.54) is 22.7 Å². The van der Waals surface area contributed by atoms with E-state index in [1.54, 1.807) is 0 Å². The van der Waals surface area contributed by atoms with Gasteiger partial charge >= 0.3 is 59.1 Å². The molecule has 0 saturated carbocycles.